The Kier molecular flexibility index (Phi) is 19.7. The monoisotopic (exact) mass is 544 g/mol. The lowest BCUT2D eigenvalue weighted by atomic mass is 10.1. The maximum Gasteiger partial charge on any atom is 0.407 e. The Morgan fingerprint density at radius 3 is 2.24 bits per heavy atom. The van der Waals surface area contributed by atoms with Gasteiger partial charge in [-0.15, -0.1) is 0 Å². The zero-order valence-electron chi connectivity index (χ0n) is 21.3. The van der Waals surface area contributed by atoms with Gasteiger partial charge in [0.1, 0.15) is 13.2 Å². The largest absolute Gasteiger partial charge is 1.00 e. The van der Waals surface area contributed by atoms with Crippen LogP contribution in [0, 0.1) is 5.92 Å². The molecule has 1 heterocycles. The first-order chi connectivity index (χ1) is 16.0. The quantitative estimate of drug-likeness (QED) is 0.167. The third-order valence-corrected chi connectivity index (χ3v) is 5.48. The minimum absolute atomic E-state index is 0. The van der Waals surface area contributed by atoms with E-state index >= 15 is 0 Å². The summed E-state index contributed by atoms with van der Waals surface area (Å²) in [7, 11) is 0. The molecule has 0 radical (unpaired) electrons. The van der Waals surface area contributed by atoms with Crippen molar-refractivity contribution in [2.75, 3.05) is 13.2 Å². The molecule has 7 nitrogen and oxygen atoms in total. The first-order valence-electron chi connectivity index (χ1n) is 12.7. The molecule has 196 valence electrons. The Hall–Kier alpha value is -1.67. The van der Waals surface area contributed by atoms with Crippen LogP contribution in [-0.4, -0.2) is 36.5 Å². The van der Waals surface area contributed by atoms with Crippen LogP contribution < -0.4 is 26.9 Å². The number of unbranched alkanes of at least 4 members (excludes halogenated alkanes) is 9. The molecule has 1 aromatic heterocycles. The summed E-state index contributed by atoms with van der Waals surface area (Å²) in [6.07, 6.45) is 15.8. The van der Waals surface area contributed by atoms with Crippen LogP contribution in [0.1, 0.15) is 90.5 Å². The summed E-state index contributed by atoms with van der Waals surface area (Å²) in [4.78, 5) is 23.5. The standard InChI is InChI=1S/C26H44N2O5.BrH/c1-4-5-6-7-8-9-10-11-12-13-16-28-17-14-15-23(19-28)18-27-26(31)32-21-24(20-29)33-25(30)22(2)3;/h14-15,17,19,22,24,29H,4-13,16,18,20-21H2,1-3H3;1H. The van der Waals surface area contributed by atoms with Crippen LogP contribution in [-0.2, 0) is 27.4 Å². The molecular weight excluding hydrogens is 500 g/mol. The van der Waals surface area contributed by atoms with Crippen LogP contribution in [0.2, 0.25) is 0 Å². The summed E-state index contributed by atoms with van der Waals surface area (Å²) < 4.78 is 12.3. The van der Waals surface area contributed by atoms with Crippen molar-refractivity contribution in [3.63, 3.8) is 0 Å². The molecule has 0 saturated heterocycles. The predicted molar refractivity (Wildman–Crippen MR) is 128 cm³/mol. The van der Waals surface area contributed by atoms with Crippen molar-refractivity contribution >= 4 is 12.1 Å². The number of aliphatic hydroxyl groups excluding tert-OH is 1. The second-order valence-corrected chi connectivity index (χ2v) is 8.98. The summed E-state index contributed by atoms with van der Waals surface area (Å²) >= 11 is 0. The molecule has 1 rings (SSSR count). The van der Waals surface area contributed by atoms with Gasteiger partial charge in [-0.3, -0.25) is 4.79 Å². The summed E-state index contributed by atoms with van der Waals surface area (Å²) in [5.41, 5.74) is 0.978. The van der Waals surface area contributed by atoms with Gasteiger partial charge in [0, 0.05) is 18.1 Å². The summed E-state index contributed by atoms with van der Waals surface area (Å²) in [6, 6.07) is 3.93. The number of aryl methyl sites for hydroxylation is 1. The van der Waals surface area contributed by atoms with Crippen molar-refractivity contribution in [3.8, 4) is 0 Å². The lowest BCUT2D eigenvalue weighted by Gasteiger charge is -2.17. The highest BCUT2D eigenvalue weighted by Gasteiger charge is 2.18. The fourth-order valence-corrected chi connectivity index (χ4v) is 3.42. The van der Waals surface area contributed by atoms with Gasteiger partial charge in [0.05, 0.1) is 19.1 Å². The number of aromatic nitrogens is 1. The van der Waals surface area contributed by atoms with Crippen LogP contribution >= 0.6 is 0 Å². The minimum atomic E-state index is -0.856. The second-order valence-electron chi connectivity index (χ2n) is 8.98. The maximum atomic E-state index is 11.9. The van der Waals surface area contributed by atoms with Crippen molar-refractivity contribution in [1.82, 2.24) is 5.32 Å². The van der Waals surface area contributed by atoms with Crippen LogP contribution in [0.25, 0.3) is 0 Å². The molecule has 0 saturated carbocycles. The van der Waals surface area contributed by atoms with Crippen LogP contribution in [0.5, 0.6) is 0 Å². The number of carbonyl (C=O) groups is 2. The normalized spacial score (nSPS) is 11.6. The number of halogens is 1. The van der Waals surface area contributed by atoms with Crippen LogP contribution in [0.4, 0.5) is 4.79 Å². The molecule has 0 aliphatic carbocycles. The molecule has 34 heavy (non-hydrogen) atoms. The highest BCUT2D eigenvalue weighted by atomic mass is 79.9. The average Bonchev–Trinajstić information content (AvgIpc) is 2.81. The number of pyridine rings is 1. The first-order valence-corrected chi connectivity index (χ1v) is 12.7. The summed E-state index contributed by atoms with van der Waals surface area (Å²) in [6.45, 7) is 6.38. The molecule has 1 atom stereocenters. The van der Waals surface area contributed by atoms with Crippen LogP contribution in [0.3, 0.4) is 0 Å². The van der Waals surface area contributed by atoms with Gasteiger partial charge in [-0.1, -0.05) is 72.1 Å². The molecule has 0 aliphatic rings. The fourth-order valence-electron chi connectivity index (χ4n) is 3.42. The fraction of sp³-hybridized carbons (Fsp3) is 0.731. The number of hydrogen-bond acceptors (Lipinski definition) is 5. The number of aliphatic hydroxyl groups is 1. The SMILES string of the molecule is CCCCCCCCCCCC[n+]1cccc(CNC(=O)OCC(CO)OC(=O)C(C)C)c1.[Br-]. The Balaban J connectivity index is 0.0000109. The van der Waals surface area contributed by atoms with Crippen molar-refractivity contribution in [3.05, 3.63) is 30.1 Å². The van der Waals surface area contributed by atoms with Gasteiger partial charge in [-0.05, 0) is 12.5 Å². The molecule has 0 aromatic carbocycles. The van der Waals surface area contributed by atoms with E-state index in [0.29, 0.717) is 6.54 Å². The van der Waals surface area contributed by atoms with Crippen LogP contribution in [0.15, 0.2) is 24.5 Å². The maximum absolute atomic E-state index is 11.9. The van der Waals surface area contributed by atoms with Crippen molar-refractivity contribution in [1.29, 1.82) is 0 Å². The number of hydrogen-bond donors (Lipinski definition) is 2. The molecule has 0 aliphatic heterocycles. The third-order valence-electron chi connectivity index (χ3n) is 5.48. The lowest BCUT2D eigenvalue weighted by molar-refractivity contribution is -0.697. The zero-order valence-corrected chi connectivity index (χ0v) is 22.9. The molecule has 1 amide bonds. The molecule has 8 heteroatoms. The number of carbonyl (C=O) groups excluding carboxylic acids is 2. The van der Waals surface area contributed by atoms with E-state index in [9.17, 15) is 14.7 Å². The van der Waals surface area contributed by atoms with Gasteiger partial charge in [0.2, 0.25) is 0 Å². The van der Waals surface area contributed by atoms with Gasteiger partial charge < -0.3 is 36.9 Å². The number of amides is 1. The topological polar surface area (TPSA) is 88.7 Å². The van der Waals surface area contributed by atoms with E-state index in [2.05, 4.69) is 16.8 Å². The summed E-state index contributed by atoms with van der Waals surface area (Å²) in [5.74, 6) is -0.743. The van der Waals surface area contributed by atoms with E-state index in [1.165, 1.54) is 57.8 Å². The smallest absolute Gasteiger partial charge is 0.407 e. The Morgan fingerprint density at radius 1 is 1.03 bits per heavy atom. The van der Waals surface area contributed by atoms with E-state index in [1.807, 2.05) is 24.5 Å². The van der Waals surface area contributed by atoms with Crippen molar-refractivity contribution < 1.29 is 45.7 Å². The van der Waals surface area contributed by atoms with E-state index in [1.54, 1.807) is 13.8 Å². The molecule has 0 bridgehead atoms. The number of ether oxygens (including phenoxy) is 2. The zero-order chi connectivity index (χ0) is 24.3. The van der Waals surface area contributed by atoms with Gasteiger partial charge in [-0.2, -0.15) is 0 Å². The molecular formula is C26H45BrN2O5. The van der Waals surface area contributed by atoms with E-state index < -0.39 is 24.8 Å². The van der Waals surface area contributed by atoms with E-state index in [0.717, 1.165) is 18.5 Å². The number of esters is 1. The van der Waals surface area contributed by atoms with E-state index in [-0.39, 0.29) is 29.5 Å². The van der Waals surface area contributed by atoms with Gasteiger partial charge in [-0.25, -0.2) is 9.36 Å². The third kappa shape index (κ3) is 16.0. The number of nitrogens with zero attached hydrogens (tertiary/aromatic N) is 1. The van der Waals surface area contributed by atoms with Gasteiger partial charge in [0.25, 0.3) is 0 Å². The van der Waals surface area contributed by atoms with E-state index in [4.69, 9.17) is 9.47 Å². The average molecular weight is 546 g/mol. The Labute approximate surface area is 216 Å². The Bertz CT molecular complexity index is 672. The molecule has 2 N–H and O–H groups in total. The number of nitrogens with one attached hydrogen (secondary N) is 1. The lowest BCUT2D eigenvalue weighted by Crippen LogP contribution is -3.00. The molecule has 0 fully saturated rings. The van der Waals surface area contributed by atoms with Crippen molar-refractivity contribution in [2.24, 2.45) is 5.92 Å². The first kappa shape index (κ1) is 32.3. The number of alkyl carbamates (subject to hydrolysis) is 1. The molecule has 1 aromatic rings. The highest BCUT2D eigenvalue weighted by molar-refractivity contribution is 5.71. The van der Waals surface area contributed by atoms with Crippen molar-refractivity contribution in [2.45, 2.75) is 104 Å². The molecule has 1 unspecified atom stereocenters. The predicted octanol–water partition coefficient (Wildman–Crippen LogP) is 1.69. The second kappa shape index (κ2) is 20.7. The Morgan fingerprint density at radius 2 is 1.65 bits per heavy atom. The number of rotatable bonds is 18. The highest BCUT2D eigenvalue weighted by Crippen LogP contribution is 2.10. The van der Waals surface area contributed by atoms with Gasteiger partial charge >= 0.3 is 12.1 Å². The minimum Gasteiger partial charge on any atom is -1.00 e. The summed E-state index contributed by atoms with van der Waals surface area (Å²) in [5, 5.41) is 12.0. The van der Waals surface area contributed by atoms with Gasteiger partial charge in [0.15, 0.2) is 18.5 Å². The molecule has 0 spiro atoms.